The number of fused-ring (bicyclic) bond motifs is 1. The van der Waals surface area contributed by atoms with Gasteiger partial charge in [-0.15, -0.1) is 0 Å². The molecule has 2 aliphatic heterocycles. The maximum Gasteiger partial charge on any atom is 0.236 e. The fraction of sp³-hybridized carbons (Fsp3) is 0.407. The first-order valence-corrected chi connectivity index (χ1v) is 11.9. The van der Waals surface area contributed by atoms with Gasteiger partial charge in [-0.2, -0.15) is 0 Å². The number of methoxy groups -OCH3 is 2. The first-order valence-electron chi connectivity index (χ1n) is 11.6. The molecule has 7 nitrogen and oxygen atoms in total. The van der Waals surface area contributed by atoms with E-state index >= 15 is 0 Å². The summed E-state index contributed by atoms with van der Waals surface area (Å²) >= 11 is 6.50. The van der Waals surface area contributed by atoms with Gasteiger partial charge in [0.05, 0.1) is 14.2 Å². The van der Waals surface area contributed by atoms with Crippen molar-refractivity contribution in [3.63, 3.8) is 0 Å². The molecule has 0 N–H and O–H groups in total. The summed E-state index contributed by atoms with van der Waals surface area (Å²) in [4.78, 5) is 29.8. The highest BCUT2D eigenvalue weighted by molar-refractivity contribution is 6.36. The van der Waals surface area contributed by atoms with Gasteiger partial charge in [0.25, 0.3) is 0 Å². The lowest BCUT2D eigenvalue weighted by atomic mass is 9.71. The first-order chi connectivity index (χ1) is 16.7. The topological polar surface area (TPSA) is 74.3 Å². The number of hydrogen-bond acceptors (Lipinski definition) is 7. The van der Waals surface area contributed by atoms with Gasteiger partial charge in [0.15, 0.2) is 5.75 Å². The van der Waals surface area contributed by atoms with Gasteiger partial charge >= 0.3 is 0 Å². The van der Waals surface area contributed by atoms with Gasteiger partial charge in [0, 0.05) is 36.9 Å². The van der Waals surface area contributed by atoms with Crippen LogP contribution >= 0.6 is 11.6 Å². The Kier molecular flexibility index (Phi) is 5.80. The summed E-state index contributed by atoms with van der Waals surface area (Å²) in [5, 5.41) is 0.145. The number of ether oxygens (including phenoxy) is 4. The number of hydrogen-bond donors (Lipinski definition) is 0. The summed E-state index contributed by atoms with van der Waals surface area (Å²) in [6.45, 7) is 2.67. The zero-order valence-electron chi connectivity index (χ0n) is 20.4. The molecule has 1 spiro atoms. The number of ketones is 2. The second-order valence-electron chi connectivity index (χ2n) is 9.59. The number of Topliss-reactive ketones (excluding diaryl/α,β-unsaturated/α-hetero) is 2. The van der Waals surface area contributed by atoms with Crippen molar-refractivity contribution in [3.8, 4) is 17.2 Å². The molecule has 2 heterocycles. The van der Waals surface area contributed by atoms with Crippen LogP contribution in [0, 0.1) is 5.92 Å². The van der Waals surface area contributed by atoms with Crippen molar-refractivity contribution in [2.45, 2.75) is 38.0 Å². The van der Waals surface area contributed by atoms with Crippen molar-refractivity contribution in [1.29, 1.82) is 0 Å². The Morgan fingerprint density at radius 2 is 1.74 bits per heavy atom. The Bertz CT molecular complexity index is 1250. The van der Waals surface area contributed by atoms with Crippen molar-refractivity contribution in [3.05, 3.63) is 63.4 Å². The smallest absolute Gasteiger partial charge is 0.236 e. The van der Waals surface area contributed by atoms with Crippen LogP contribution in [0.5, 0.6) is 17.2 Å². The van der Waals surface area contributed by atoms with E-state index in [1.165, 1.54) is 19.8 Å². The minimum atomic E-state index is -1.70. The molecule has 184 valence electrons. The van der Waals surface area contributed by atoms with Gasteiger partial charge in [-0.3, -0.25) is 9.59 Å². The van der Waals surface area contributed by atoms with Crippen molar-refractivity contribution in [2.75, 3.05) is 28.3 Å². The molecule has 35 heavy (non-hydrogen) atoms. The second-order valence-corrected chi connectivity index (χ2v) is 9.97. The van der Waals surface area contributed by atoms with Gasteiger partial charge in [-0.05, 0) is 25.2 Å². The van der Waals surface area contributed by atoms with E-state index in [1.807, 2.05) is 33.2 Å². The molecule has 0 radical (unpaired) electrons. The third kappa shape index (κ3) is 3.52. The molecule has 3 aliphatic rings. The molecule has 1 unspecified atom stereocenters. The van der Waals surface area contributed by atoms with E-state index in [2.05, 4.69) is 17.0 Å². The zero-order valence-corrected chi connectivity index (χ0v) is 21.2. The predicted molar refractivity (Wildman–Crippen MR) is 130 cm³/mol. The fourth-order valence-electron chi connectivity index (χ4n) is 5.31. The molecule has 0 aromatic heterocycles. The van der Waals surface area contributed by atoms with Crippen LogP contribution in [0.15, 0.2) is 41.7 Å². The average Bonchev–Trinajstić information content (AvgIpc) is 3.39. The van der Waals surface area contributed by atoms with Crippen LogP contribution in [-0.2, 0) is 16.1 Å². The standard InChI is InChI=1S/C27H28ClNO6/c1-14-10-19-17(11-18(34-19)16-8-6-15(7-9-16)13-29(2)3)25(30)27(14)26(31)22-20(32-4)12-21(33-5)23(28)24(22)35-27/h6-9,12,14,18H,10-11,13H2,1-5H3/t14-,18?,27+/m1/s1. The van der Waals surface area contributed by atoms with E-state index in [9.17, 15) is 9.59 Å². The van der Waals surface area contributed by atoms with Gasteiger partial charge in [0.1, 0.15) is 33.9 Å². The first kappa shape index (κ1) is 23.7. The average molecular weight is 498 g/mol. The lowest BCUT2D eigenvalue weighted by molar-refractivity contribution is -0.130. The highest BCUT2D eigenvalue weighted by Gasteiger charge is 2.63. The Balaban J connectivity index is 1.46. The Labute approximate surface area is 209 Å². The van der Waals surface area contributed by atoms with E-state index in [0.717, 1.165) is 12.1 Å². The molecule has 3 atom stereocenters. The van der Waals surface area contributed by atoms with E-state index in [4.69, 9.17) is 30.5 Å². The monoisotopic (exact) mass is 497 g/mol. The van der Waals surface area contributed by atoms with Gasteiger partial charge in [-0.25, -0.2) is 0 Å². The molecular formula is C27H28ClNO6. The van der Waals surface area contributed by atoms with Crippen LogP contribution in [0.4, 0.5) is 0 Å². The molecule has 1 aliphatic carbocycles. The molecular weight excluding hydrogens is 470 g/mol. The van der Waals surface area contributed by atoms with Gasteiger partial charge in [-0.1, -0.05) is 42.8 Å². The number of benzene rings is 2. The van der Waals surface area contributed by atoms with Gasteiger partial charge in [0.2, 0.25) is 17.2 Å². The summed E-state index contributed by atoms with van der Waals surface area (Å²) in [6, 6.07) is 9.76. The summed E-state index contributed by atoms with van der Waals surface area (Å²) in [5.41, 5.74) is 1.18. The molecule has 5 rings (SSSR count). The quantitative estimate of drug-likeness (QED) is 0.551. The predicted octanol–water partition coefficient (Wildman–Crippen LogP) is 4.76. The Hall–Kier alpha value is -3.03. The molecule has 2 aromatic carbocycles. The molecule has 0 saturated carbocycles. The van der Waals surface area contributed by atoms with E-state index in [-0.39, 0.29) is 34.0 Å². The molecule has 0 fully saturated rings. The highest BCUT2D eigenvalue weighted by Crippen LogP contribution is 2.55. The molecule has 0 saturated heterocycles. The van der Waals surface area contributed by atoms with Crippen molar-refractivity contribution in [1.82, 2.24) is 4.90 Å². The number of rotatable bonds is 5. The van der Waals surface area contributed by atoms with Crippen molar-refractivity contribution >= 4 is 23.2 Å². The van der Waals surface area contributed by atoms with Crippen LogP contribution in [0.25, 0.3) is 0 Å². The largest absolute Gasteiger partial charge is 0.496 e. The van der Waals surface area contributed by atoms with Crippen LogP contribution in [0.1, 0.15) is 47.4 Å². The number of allylic oxidation sites excluding steroid dienone is 1. The highest BCUT2D eigenvalue weighted by atomic mass is 35.5. The van der Waals surface area contributed by atoms with Crippen LogP contribution in [0.2, 0.25) is 5.02 Å². The fourth-order valence-corrected chi connectivity index (χ4v) is 5.57. The number of halogens is 1. The normalized spacial score (nSPS) is 25.0. The number of carbonyl (C=O) groups is 2. The van der Waals surface area contributed by atoms with Gasteiger partial charge < -0.3 is 23.8 Å². The van der Waals surface area contributed by atoms with Crippen LogP contribution in [0.3, 0.4) is 0 Å². The summed E-state index contributed by atoms with van der Waals surface area (Å²) in [6.07, 6.45) is 0.515. The minimum Gasteiger partial charge on any atom is -0.496 e. The van der Waals surface area contributed by atoms with Crippen LogP contribution < -0.4 is 14.2 Å². The van der Waals surface area contributed by atoms with E-state index in [0.29, 0.717) is 29.9 Å². The lowest BCUT2D eigenvalue weighted by Crippen LogP contribution is -2.56. The third-order valence-electron chi connectivity index (χ3n) is 7.08. The summed E-state index contributed by atoms with van der Waals surface area (Å²) in [7, 11) is 6.97. The molecule has 8 heteroatoms. The number of nitrogens with zero attached hydrogens (tertiary/aromatic N) is 1. The molecule has 2 aromatic rings. The van der Waals surface area contributed by atoms with Crippen LogP contribution in [-0.4, -0.2) is 50.4 Å². The third-order valence-corrected chi connectivity index (χ3v) is 7.43. The Morgan fingerprint density at radius 3 is 2.37 bits per heavy atom. The summed E-state index contributed by atoms with van der Waals surface area (Å²) in [5.74, 6) is 0.0843. The second kappa shape index (κ2) is 8.57. The molecule has 0 amide bonds. The maximum atomic E-state index is 13.9. The van der Waals surface area contributed by atoms with E-state index < -0.39 is 17.3 Å². The lowest BCUT2D eigenvalue weighted by Gasteiger charge is -2.35. The number of carbonyl (C=O) groups excluding carboxylic acids is 2. The zero-order chi connectivity index (χ0) is 25.1. The maximum absolute atomic E-state index is 13.9. The van der Waals surface area contributed by atoms with Crippen molar-refractivity contribution < 1.29 is 28.5 Å². The Morgan fingerprint density at radius 1 is 1.06 bits per heavy atom. The molecule has 0 bridgehead atoms. The SMILES string of the molecule is COc1cc(OC)c2c(c1Cl)O[C@@]1(C(=O)C3=C(C[C@H]1C)OC(c1ccc(CN(C)C)cc1)C3)C2=O. The van der Waals surface area contributed by atoms with Crippen molar-refractivity contribution in [2.24, 2.45) is 5.92 Å². The van der Waals surface area contributed by atoms with E-state index in [1.54, 1.807) is 6.07 Å². The minimum absolute atomic E-state index is 0.129. The summed E-state index contributed by atoms with van der Waals surface area (Å²) < 4.78 is 23.2.